The van der Waals surface area contributed by atoms with Gasteiger partial charge in [-0.3, -0.25) is 4.79 Å². The van der Waals surface area contributed by atoms with E-state index in [2.05, 4.69) is 26.0 Å². The van der Waals surface area contributed by atoms with E-state index in [0.717, 1.165) is 31.7 Å². The van der Waals surface area contributed by atoms with Crippen molar-refractivity contribution in [2.24, 2.45) is 5.92 Å². The minimum Gasteiger partial charge on any atom is -0.497 e. The summed E-state index contributed by atoms with van der Waals surface area (Å²) in [4.78, 5) is 14.9. The third-order valence-electron chi connectivity index (χ3n) is 5.43. The molecule has 1 aliphatic heterocycles. The molecule has 5 heteroatoms. The van der Waals surface area contributed by atoms with Gasteiger partial charge in [-0.2, -0.15) is 0 Å². The summed E-state index contributed by atoms with van der Waals surface area (Å²) in [6, 6.07) is 13.6. The van der Waals surface area contributed by atoms with Crippen LogP contribution in [-0.4, -0.2) is 44.7 Å². The maximum atomic E-state index is 13.0. The Morgan fingerprint density at radius 3 is 2.48 bits per heavy atom. The highest BCUT2D eigenvalue weighted by molar-refractivity contribution is 5.95. The topological polar surface area (TPSA) is 48.0 Å². The Hall–Kier alpha value is -2.69. The van der Waals surface area contributed by atoms with E-state index in [1.54, 1.807) is 20.3 Å². The van der Waals surface area contributed by atoms with E-state index in [4.69, 9.17) is 14.2 Å². The lowest BCUT2D eigenvalue weighted by molar-refractivity contribution is 0.0790. The molecular formula is C24H31NO4. The van der Waals surface area contributed by atoms with Crippen LogP contribution in [0.3, 0.4) is 0 Å². The van der Waals surface area contributed by atoms with Crippen LogP contribution in [0.15, 0.2) is 42.5 Å². The Morgan fingerprint density at radius 2 is 1.83 bits per heavy atom. The smallest absolute Gasteiger partial charge is 0.254 e. The molecule has 1 aliphatic rings. The van der Waals surface area contributed by atoms with Crippen molar-refractivity contribution in [2.45, 2.75) is 32.6 Å². The number of rotatable bonds is 8. The average Bonchev–Trinajstić information content (AvgIpc) is 3.23. The first kappa shape index (κ1) is 21.0. The molecule has 0 radical (unpaired) electrons. The minimum atomic E-state index is 0.0352. The van der Waals surface area contributed by atoms with Gasteiger partial charge in [-0.25, -0.2) is 0 Å². The van der Waals surface area contributed by atoms with E-state index in [9.17, 15) is 4.79 Å². The summed E-state index contributed by atoms with van der Waals surface area (Å²) in [5.41, 5.74) is 1.88. The van der Waals surface area contributed by atoms with Gasteiger partial charge in [0.25, 0.3) is 5.91 Å². The Morgan fingerprint density at radius 1 is 1.07 bits per heavy atom. The van der Waals surface area contributed by atoms with Crippen molar-refractivity contribution >= 4 is 5.91 Å². The molecule has 156 valence electrons. The van der Waals surface area contributed by atoms with E-state index in [1.807, 2.05) is 29.2 Å². The van der Waals surface area contributed by atoms with Gasteiger partial charge in [0.1, 0.15) is 5.75 Å². The van der Waals surface area contributed by atoms with Crippen LogP contribution >= 0.6 is 0 Å². The van der Waals surface area contributed by atoms with Gasteiger partial charge < -0.3 is 19.1 Å². The molecule has 29 heavy (non-hydrogen) atoms. The fourth-order valence-electron chi connectivity index (χ4n) is 3.60. The molecule has 5 nitrogen and oxygen atoms in total. The average molecular weight is 398 g/mol. The SMILES string of the molecule is COc1ccc(C2CCN(C(=O)c3ccc(OCCC(C)C)c(OC)c3)C2)cc1. The second-order valence-corrected chi connectivity index (χ2v) is 7.91. The van der Waals surface area contributed by atoms with Crippen molar-refractivity contribution in [2.75, 3.05) is 33.9 Å². The summed E-state index contributed by atoms with van der Waals surface area (Å²) in [6.45, 7) is 6.44. The van der Waals surface area contributed by atoms with Crippen LogP contribution in [0.2, 0.25) is 0 Å². The molecule has 0 aliphatic carbocycles. The molecule has 1 unspecified atom stereocenters. The Kier molecular flexibility index (Phi) is 7.02. The van der Waals surface area contributed by atoms with Gasteiger partial charge in [-0.1, -0.05) is 26.0 Å². The highest BCUT2D eigenvalue weighted by Gasteiger charge is 2.28. The fraction of sp³-hybridized carbons (Fsp3) is 0.458. The Balaban J connectivity index is 1.65. The predicted molar refractivity (Wildman–Crippen MR) is 114 cm³/mol. The van der Waals surface area contributed by atoms with Gasteiger partial charge in [0.2, 0.25) is 0 Å². The van der Waals surface area contributed by atoms with Crippen LogP contribution in [0.4, 0.5) is 0 Å². The van der Waals surface area contributed by atoms with Crippen LogP contribution in [0.5, 0.6) is 17.2 Å². The van der Waals surface area contributed by atoms with E-state index in [-0.39, 0.29) is 5.91 Å². The monoisotopic (exact) mass is 397 g/mol. The maximum Gasteiger partial charge on any atom is 0.254 e. The number of amides is 1. The zero-order chi connectivity index (χ0) is 20.8. The van der Waals surface area contributed by atoms with Crippen molar-refractivity contribution < 1.29 is 19.0 Å². The van der Waals surface area contributed by atoms with Gasteiger partial charge >= 0.3 is 0 Å². The zero-order valence-corrected chi connectivity index (χ0v) is 17.8. The number of ether oxygens (including phenoxy) is 3. The van der Waals surface area contributed by atoms with Crippen LogP contribution < -0.4 is 14.2 Å². The summed E-state index contributed by atoms with van der Waals surface area (Å²) in [6.07, 6.45) is 1.94. The standard InChI is InChI=1S/C24H31NO4/c1-17(2)12-14-29-22-10-7-19(15-23(22)28-4)24(26)25-13-11-20(16-25)18-5-8-21(27-3)9-6-18/h5-10,15,17,20H,11-14,16H2,1-4H3. The molecule has 0 N–H and O–H groups in total. The van der Waals surface area contributed by atoms with Crippen LogP contribution in [0.25, 0.3) is 0 Å². The van der Waals surface area contributed by atoms with Crippen molar-refractivity contribution in [3.8, 4) is 17.2 Å². The molecule has 1 amide bonds. The molecule has 0 aromatic heterocycles. The molecular weight excluding hydrogens is 366 g/mol. The zero-order valence-electron chi connectivity index (χ0n) is 17.8. The lowest BCUT2D eigenvalue weighted by Gasteiger charge is -2.18. The first-order valence-electron chi connectivity index (χ1n) is 10.3. The van der Waals surface area contributed by atoms with Gasteiger partial charge in [0.15, 0.2) is 11.5 Å². The van der Waals surface area contributed by atoms with E-state index >= 15 is 0 Å². The highest BCUT2D eigenvalue weighted by atomic mass is 16.5. The Labute approximate surface area is 173 Å². The summed E-state index contributed by atoms with van der Waals surface area (Å²) < 4.78 is 16.5. The molecule has 2 aromatic carbocycles. The highest BCUT2D eigenvalue weighted by Crippen LogP contribution is 2.32. The van der Waals surface area contributed by atoms with Gasteiger partial charge in [-0.05, 0) is 54.7 Å². The number of methoxy groups -OCH3 is 2. The van der Waals surface area contributed by atoms with Crippen LogP contribution in [0, 0.1) is 5.92 Å². The molecule has 0 spiro atoms. The second-order valence-electron chi connectivity index (χ2n) is 7.91. The molecule has 1 fully saturated rings. The number of benzene rings is 2. The van der Waals surface area contributed by atoms with E-state index < -0.39 is 0 Å². The Bertz CT molecular complexity index is 816. The fourth-order valence-corrected chi connectivity index (χ4v) is 3.60. The largest absolute Gasteiger partial charge is 0.497 e. The quantitative estimate of drug-likeness (QED) is 0.644. The number of carbonyl (C=O) groups excluding carboxylic acids is 1. The second kappa shape index (κ2) is 9.68. The molecule has 1 saturated heterocycles. The first-order valence-corrected chi connectivity index (χ1v) is 10.3. The molecule has 0 bridgehead atoms. The first-order chi connectivity index (χ1) is 14.0. The number of nitrogens with zero attached hydrogens (tertiary/aromatic N) is 1. The van der Waals surface area contributed by atoms with Crippen molar-refractivity contribution in [1.82, 2.24) is 4.90 Å². The summed E-state index contributed by atoms with van der Waals surface area (Å²) in [5.74, 6) is 3.10. The van der Waals surface area contributed by atoms with Crippen LogP contribution in [-0.2, 0) is 0 Å². The third-order valence-corrected chi connectivity index (χ3v) is 5.43. The lowest BCUT2D eigenvalue weighted by atomic mass is 9.98. The number of carbonyl (C=O) groups is 1. The number of likely N-dealkylation sites (tertiary alicyclic amines) is 1. The minimum absolute atomic E-state index is 0.0352. The van der Waals surface area contributed by atoms with E-state index in [0.29, 0.717) is 35.5 Å². The van der Waals surface area contributed by atoms with Gasteiger partial charge in [0.05, 0.1) is 20.8 Å². The summed E-state index contributed by atoms with van der Waals surface area (Å²) in [5, 5.41) is 0. The summed E-state index contributed by atoms with van der Waals surface area (Å²) in [7, 11) is 3.27. The summed E-state index contributed by atoms with van der Waals surface area (Å²) >= 11 is 0. The van der Waals surface area contributed by atoms with Crippen molar-refractivity contribution in [3.05, 3.63) is 53.6 Å². The van der Waals surface area contributed by atoms with Gasteiger partial charge in [-0.15, -0.1) is 0 Å². The van der Waals surface area contributed by atoms with Crippen LogP contribution in [0.1, 0.15) is 48.5 Å². The molecule has 2 aromatic rings. The molecule has 3 rings (SSSR count). The van der Waals surface area contributed by atoms with Crippen molar-refractivity contribution in [1.29, 1.82) is 0 Å². The van der Waals surface area contributed by atoms with Gasteiger partial charge in [0, 0.05) is 24.6 Å². The predicted octanol–water partition coefficient (Wildman–Crippen LogP) is 4.76. The van der Waals surface area contributed by atoms with E-state index in [1.165, 1.54) is 5.56 Å². The van der Waals surface area contributed by atoms with Crippen molar-refractivity contribution in [3.63, 3.8) is 0 Å². The number of hydrogen-bond acceptors (Lipinski definition) is 4. The normalized spacial score (nSPS) is 16.2. The number of hydrogen-bond donors (Lipinski definition) is 0. The molecule has 1 atom stereocenters. The molecule has 1 heterocycles. The molecule has 0 saturated carbocycles. The lowest BCUT2D eigenvalue weighted by Crippen LogP contribution is -2.28. The third kappa shape index (κ3) is 5.22. The maximum absolute atomic E-state index is 13.0.